The maximum Gasteiger partial charge on any atom is 0.293 e. The fourth-order valence-corrected chi connectivity index (χ4v) is 1.82. The molecule has 0 heterocycles. The monoisotopic (exact) mass is 263 g/mol. The molecule has 1 aromatic rings. The van der Waals surface area contributed by atoms with Crippen molar-refractivity contribution in [2.24, 2.45) is 5.41 Å². The Hall–Kier alpha value is -2.11. The molecule has 102 valence electrons. The number of carbonyl (C=O) groups excluding carboxylic acids is 1. The van der Waals surface area contributed by atoms with Crippen molar-refractivity contribution in [3.05, 3.63) is 33.9 Å². The molecule has 0 atom stereocenters. The third-order valence-electron chi connectivity index (χ3n) is 3.49. The van der Waals surface area contributed by atoms with Gasteiger partial charge in [-0.05, 0) is 30.4 Å². The molecule has 1 saturated carbocycles. The summed E-state index contributed by atoms with van der Waals surface area (Å²) in [5, 5.41) is 16.6. The van der Waals surface area contributed by atoms with Crippen molar-refractivity contribution in [3.63, 3.8) is 0 Å². The summed E-state index contributed by atoms with van der Waals surface area (Å²) in [5.41, 5.74) is 0.946. The predicted octanol–water partition coefficient (Wildman–Crippen LogP) is 2.17. The molecular weight excluding hydrogens is 246 g/mol. The highest BCUT2D eigenvalue weighted by atomic mass is 16.6. The number of amides is 1. The largest absolute Gasteiger partial charge is 0.379 e. The molecule has 1 aromatic carbocycles. The van der Waals surface area contributed by atoms with E-state index >= 15 is 0 Å². The summed E-state index contributed by atoms with van der Waals surface area (Å²) in [5.74, 6) is -0.330. The first-order valence-electron chi connectivity index (χ1n) is 6.20. The minimum atomic E-state index is -0.468. The van der Waals surface area contributed by atoms with Crippen LogP contribution in [-0.4, -0.2) is 24.4 Å². The number of rotatable bonds is 5. The van der Waals surface area contributed by atoms with E-state index in [4.69, 9.17) is 0 Å². The van der Waals surface area contributed by atoms with Gasteiger partial charge in [0.1, 0.15) is 5.69 Å². The highest BCUT2D eigenvalue weighted by Gasteiger charge is 2.37. The minimum Gasteiger partial charge on any atom is -0.379 e. The number of nitro groups is 1. The summed E-state index contributed by atoms with van der Waals surface area (Å²) >= 11 is 0. The van der Waals surface area contributed by atoms with Crippen LogP contribution >= 0.6 is 0 Å². The minimum absolute atomic E-state index is 0.0645. The third-order valence-corrected chi connectivity index (χ3v) is 3.49. The second kappa shape index (κ2) is 4.87. The molecule has 0 radical (unpaired) electrons. The Balaban J connectivity index is 2.22. The van der Waals surface area contributed by atoms with Crippen LogP contribution in [0.1, 0.15) is 30.1 Å². The zero-order valence-electron chi connectivity index (χ0n) is 11.0. The number of benzene rings is 1. The second-order valence-electron chi connectivity index (χ2n) is 5.23. The van der Waals surface area contributed by atoms with Crippen molar-refractivity contribution < 1.29 is 9.72 Å². The Morgan fingerprint density at radius 3 is 2.68 bits per heavy atom. The number of nitrogens with one attached hydrogen (secondary N) is 2. The smallest absolute Gasteiger partial charge is 0.293 e. The molecule has 0 saturated heterocycles. The normalized spacial score (nSPS) is 15.7. The van der Waals surface area contributed by atoms with E-state index in [-0.39, 0.29) is 22.6 Å². The van der Waals surface area contributed by atoms with Gasteiger partial charge >= 0.3 is 0 Å². The highest BCUT2D eigenvalue weighted by molar-refractivity contribution is 5.95. The Morgan fingerprint density at radius 1 is 1.47 bits per heavy atom. The van der Waals surface area contributed by atoms with Crippen LogP contribution in [-0.2, 0) is 0 Å². The zero-order valence-corrected chi connectivity index (χ0v) is 11.0. The van der Waals surface area contributed by atoms with Gasteiger partial charge in [-0.3, -0.25) is 14.9 Å². The first-order valence-corrected chi connectivity index (χ1v) is 6.20. The van der Waals surface area contributed by atoms with Crippen molar-refractivity contribution in [1.29, 1.82) is 0 Å². The lowest BCUT2D eigenvalue weighted by atomic mass is 10.1. The van der Waals surface area contributed by atoms with Gasteiger partial charge in [-0.1, -0.05) is 6.92 Å². The Bertz CT molecular complexity index is 524. The molecule has 2 N–H and O–H groups in total. The van der Waals surface area contributed by atoms with Gasteiger partial charge in [-0.15, -0.1) is 0 Å². The van der Waals surface area contributed by atoms with Crippen molar-refractivity contribution in [2.45, 2.75) is 19.8 Å². The summed E-state index contributed by atoms with van der Waals surface area (Å²) in [7, 11) is 1.49. The summed E-state index contributed by atoms with van der Waals surface area (Å²) in [4.78, 5) is 22.1. The molecule has 6 nitrogen and oxygen atoms in total. The zero-order chi connectivity index (χ0) is 14.0. The summed E-state index contributed by atoms with van der Waals surface area (Å²) in [6.45, 7) is 2.86. The van der Waals surface area contributed by atoms with Crippen LogP contribution in [0.5, 0.6) is 0 Å². The van der Waals surface area contributed by atoms with Crippen LogP contribution in [0.25, 0.3) is 0 Å². The van der Waals surface area contributed by atoms with Crippen LogP contribution in [0, 0.1) is 15.5 Å². The van der Waals surface area contributed by atoms with E-state index in [1.807, 2.05) is 0 Å². The van der Waals surface area contributed by atoms with E-state index in [9.17, 15) is 14.9 Å². The van der Waals surface area contributed by atoms with Crippen LogP contribution in [0.3, 0.4) is 0 Å². The molecule has 0 aromatic heterocycles. The molecule has 19 heavy (non-hydrogen) atoms. The lowest BCUT2D eigenvalue weighted by Crippen LogP contribution is -2.18. The second-order valence-corrected chi connectivity index (χ2v) is 5.23. The number of carbonyl (C=O) groups is 1. The van der Waals surface area contributed by atoms with Gasteiger partial charge in [0.2, 0.25) is 0 Å². The maximum absolute atomic E-state index is 11.5. The fraction of sp³-hybridized carbons (Fsp3) is 0.462. The number of anilines is 1. The van der Waals surface area contributed by atoms with Gasteiger partial charge in [0.15, 0.2) is 0 Å². The van der Waals surface area contributed by atoms with Crippen molar-refractivity contribution >= 4 is 17.3 Å². The molecule has 1 aliphatic carbocycles. The number of nitro benzene ring substituents is 1. The van der Waals surface area contributed by atoms with Crippen molar-refractivity contribution in [3.8, 4) is 0 Å². The van der Waals surface area contributed by atoms with E-state index in [1.54, 1.807) is 12.1 Å². The average Bonchev–Trinajstić information content (AvgIpc) is 3.13. The first-order chi connectivity index (χ1) is 8.95. The quantitative estimate of drug-likeness (QED) is 0.629. The SMILES string of the molecule is CNC(=O)c1ccc(NCC2(C)CC2)c([N+](=O)[O-])c1. The summed E-state index contributed by atoms with van der Waals surface area (Å²) in [6, 6.07) is 4.48. The molecule has 0 aliphatic heterocycles. The van der Waals surface area contributed by atoms with E-state index < -0.39 is 4.92 Å². The highest BCUT2D eigenvalue weighted by Crippen LogP contribution is 2.45. The average molecular weight is 263 g/mol. The Morgan fingerprint density at radius 2 is 2.16 bits per heavy atom. The topological polar surface area (TPSA) is 84.3 Å². The van der Waals surface area contributed by atoms with Crippen LogP contribution in [0.15, 0.2) is 18.2 Å². The molecule has 0 spiro atoms. The Kier molecular flexibility index (Phi) is 3.42. The van der Waals surface area contributed by atoms with Gasteiger partial charge in [0.25, 0.3) is 11.6 Å². The van der Waals surface area contributed by atoms with Crippen molar-refractivity contribution in [2.75, 3.05) is 18.9 Å². The number of hydrogen-bond acceptors (Lipinski definition) is 4. The van der Waals surface area contributed by atoms with E-state index in [1.165, 1.54) is 13.1 Å². The van der Waals surface area contributed by atoms with Gasteiger partial charge in [0, 0.05) is 25.2 Å². The maximum atomic E-state index is 11.5. The van der Waals surface area contributed by atoms with Crippen LogP contribution in [0.4, 0.5) is 11.4 Å². The molecule has 6 heteroatoms. The summed E-state index contributed by atoms with van der Waals surface area (Å²) < 4.78 is 0. The van der Waals surface area contributed by atoms with E-state index in [0.717, 1.165) is 12.8 Å². The van der Waals surface area contributed by atoms with E-state index in [0.29, 0.717) is 12.2 Å². The van der Waals surface area contributed by atoms with Crippen LogP contribution in [0.2, 0.25) is 0 Å². The fourth-order valence-electron chi connectivity index (χ4n) is 1.82. The lowest BCUT2D eigenvalue weighted by Gasteiger charge is -2.12. The predicted molar refractivity (Wildman–Crippen MR) is 72.3 cm³/mol. The molecule has 2 rings (SSSR count). The Labute approximate surface area is 111 Å². The van der Waals surface area contributed by atoms with Gasteiger partial charge in [-0.2, -0.15) is 0 Å². The standard InChI is InChI=1S/C13H17N3O3/c1-13(5-6-13)8-15-10-4-3-9(12(17)14-2)7-11(10)16(18)19/h3-4,7,15H,5-6,8H2,1-2H3,(H,14,17). The van der Waals surface area contributed by atoms with Gasteiger partial charge < -0.3 is 10.6 Å². The lowest BCUT2D eigenvalue weighted by molar-refractivity contribution is -0.384. The number of hydrogen-bond donors (Lipinski definition) is 2. The van der Waals surface area contributed by atoms with E-state index in [2.05, 4.69) is 17.6 Å². The molecule has 1 fully saturated rings. The molecule has 1 aliphatic rings. The summed E-state index contributed by atoms with van der Waals surface area (Å²) in [6.07, 6.45) is 2.29. The van der Waals surface area contributed by atoms with Gasteiger partial charge in [-0.25, -0.2) is 0 Å². The molecular formula is C13H17N3O3. The van der Waals surface area contributed by atoms with Gasteiger partial charge in [0.05, 0.1) is 4.92 Å². The molecule has 0 bridgehead atoms. The third kappa shape index (κ3) is 3.01. The number of nitrogens with zero attached hydrogens (tertiary/aromatic N) is 1. The first kappa shape index (κ1) is 13.3. The van der Waals surface area contributed by atoms with Crippen LogP contribution < -0.4 is 10.6 Å². The molecule has 1 amide bonds. The molecule has 0 unspecified atom stereocenters. The van der Waals surface area contributed by atoms with Crippen molar-refractivity contribution in [1.82, 2.24) is 5.32 Å².